The van der Waals surface area contributed by atoms with Gasteiger partial charge in [0.2, 0.25) is 5.91 Å². The lowest BCUT2D eigenvalue weighted by molar-refractivity contribution is -0.117. The molecule has 19 heavy (non-hydrogen) atoms. The summed E-state index contributed by atoms with van der Waals surface area (Å²) in [4.78, 5) is 12.1. The van der Waals surface area contributed by atoms with Crippen molar-refractivity contribution in [1.82, 2.24) is 0 Å². The smallest absolute Gasteiger partial charge is 0.232 e. The molecule has 0 radical (unpaired) electrons. The molecule has 1 N–H and O–H groups in total. The highest BCUT2D eigenvalue weighted by Crippen LogP contribution is 2.39. The minimum absolute atomic E-state index is 0.00984. The largest absolute Gasteiger partial charge is 0.325 e. The van der Waals surface area contributed by atoms with Crippen LogP contribution in [0.4, 0.5) is 5.69 Å². The molecule has 1 atom stereocenters. The fraction of sp³-hybridized carbons (Fsp3) is 0.562. The van der Waals surface area contributed by atoms with Gasteiger partial charge in [-0.15, -0.1) is 0 Å². The number of carbonyl (C=O) groups is 1. The standard InChI is InChI=1S/C16H20ClNO/c17-12-7-9-15-14(10-12)13(16(19)18-15)8-6-11-4-2-1-3-5-11/h7,9-11,13H,1-6,8H2,(H,18,19). The van der Waals surface area contributed by atoms with Gasteiger partial charge in [0.05, 0.1) is 5.92 Å². The van der Waals surface area contributed by atoms with Gasteiger partial charge in [0.1, 0.15) is 0 Å². The number of amides is 1. The van der Waals surface area contributed by atoms with E-state index in [1.807, 2.05) is 18.2 Å². The first-order valence-electron chi connectivity index (χ1n) is 7.34. The third kappa shape index (κ3) is 2.79. The molecule has 1 unspecified atom stereocenters. The highest BCUT2D eigenvalue weighted by molar-refractivity contribution is 6.31. The molecule has 2 aliphatic rings. The number of halogens is 1. The molecule has 1 amide bonds. The number of benzene rings is 1. The first-order chi connectivity index (χ1) is 9.24. The maximum Gasteiger partial charge on any atom is 0.232 e. The molecule has 1 saturated carbocycles. The monoisotopic (exact) mass is 277 g/mol. The van der Waals surface area contributed by atoms with Crippen molar-refractivity contribution in [2.24, 2.45) is 5.92 Å². The molecule has 102 valence electrons. The second-order valence-corrected chi connectivity index (χ2v) is 6.29. The van der Waals surface area contributed by atoms with Crippen LogP contribution in [0.3, 0.4) is 0 Å². The van der Waals surface area contributed by atoms with Crippen LogP contribution in [-0.2, 0) is 4.79 Å². The maximum absolute atomic E-state index is 12.1. The average Bonchev–Trinajstić information content (AvgIpc) is 2.73. The first kappa shape index (κ1) is 13.0. The lowest BCUT2D eigenvalue weighted by atomic mass is 9.83. The molecule has 3 heteroatoms. The van der Waals surface area contributed by atoms with Gasteiger partial charge in [0.25, 0.3) is 0 Å². The summed E-state index contributed by atoms with van der Waals surface area (Å²) >= 11 is 6.05. The Morgan fingerprint density at radius 1 is 1.16 bits per heavy atom. The van der Waals surface area contributed by atoms with Crippen LogP contribution in [0.25, 0.3) is 0 Å². The third-order valence-corrected chi connectivity index (χ3v) is 4.79. The molecule has 3 rings (SSSR count). The Bertz CT molecular complexity index is 480. The van der Waals surface area contributed by atoms with Crippen molar-refractivity contribution in [3.05, 3.63) is 28.8 Å². The molecule has 0 spiro atoms. The van der Waals surface area contributed by atoms with E-state index in [4.69, 9.17) is 11.6 Å². The number of hydrogen-bond acceptors (Lipinski definition) is 1. The Morgan fingerprint density at radius 2 is 1.95 bits per heavy atom. The van der Waals surface area contributed by atoms with Crippen LogP contribution in [0, 0.1) is 5.92 Å². The number of fused-ring (bicyclic) bond motifs is 1. The van der Waals surface area contributed by atoms with Gasteiger partial charge >= 0.3 is 0 Å². The number of anilines is 1. The van der Waals surface area contributed by atoms with Crippen LogP contribution in [-0.4, -0.2) is 5.91 Å². The number of hydrogen-bond donors (Lipinski definition) is 1. The van der Waals surface area contributed by atoms with Crippen molar-refractivity contribution in [2.75, 3.05) is 5.32 Å². The van der Waals surface area contributed by atoms with Crippen LogP contribution < -0.4 is 5.32 Å². The van der Waals surface area contributed by atoms with Crippen LogP contribution >= 0.6 is 11.6 Å². The van der Waals surface area contributed by atoms with Crippen LogP contribution in [0.5, 0.6) is 0 Å². The van der Waals surface area contributed by atoms with Gasteiger partial charge in [-0.3, -0.25) is 4.79 Å². The van der Waals surface area contributed by atoms with E-state index >= 15 is 0 Å². The fourth-order valence-electron chi connectivity index (χ4n) is 3.46. The van der Waals surface area contributed by atoms with Crippen LogP contribution in [0.15, 0.2) is 18.2 Å². The van der Waals surface area contributed by atoms with Crippen molar-refractivity contribution in [3.8, 4) is 0 Å². The van der Waals surface area contributed by atoms with Crippen molar-refractivity contribution >= 4 is 23.2 Å². The molecule has 0 saturated heterocycles. The summed E-state index contributed by atoms with van der Waals surface area (Å²) in [6.45, 7) is 0. The molecular formula is C16H20ClNO. The SMILES string of the molecule is O=C1Nc2ccc(Cl)cc2C1CCC1CCCCC1. The molecule has 1 aliphatic heterocycles. The van der Waals surface area contributed by atoms with Crippen molar-refractivity contribution in [2.45, 2.75) is 50.9 Å². The Kier molecular flexibility index (Phi) is 3.79. The van der Waals surface area contributed by atoms with Gasteiger partial charge in [-0.25, -0.2) is 0 Å². The summed E-state index contributed by atoms with van der Waals surface area (Å²) in [5.41, 5.74) is 2.04. The summed E-state index contributed by atoms with van der Waals surface area (Å²) < 4.78 is 0. The van der Waals surface area contributed by atoms with Gasteiger partial charge in [-0.1, -0.05) is 43.7 Å². The van der Waals surface area contributed by atoms with Crippen LogP contribution in [0.2, 0.25) is 5.02 Å². The minimum atomic E-state index is 0.00984. The lowest BCUT2D eigenvalue weighted by Crippen LogP contribution is -2.14. The van der Waals surface area contributed by atoms with Gasteiger partial charge in [-0.05, 0) is 42.5 Å². The molecular weight excluding hydrogens is 258 g/mol. The Hall–Kier alpha value is -1.02. The lowest BCUT2D eigenvalue weighted by Gasteiger charge is -2.22. The van der Waals surface area contributed by atoms with E-state index in [9.17, 15) is 4.79 Å². The summed E-state index contributed by atoms with van der Waals surface area (Å²) in [5.74, 6) is 0.980. The predicted molar refractivity (Wildman–Crippen MR) is 78.6 cm³/mol. The third-order valence-electron chi connectivity index (χ3n) is 4.55. The van der Waals surface area contributed by atoms with Crippen molar-refractivity contribution in [1.29, 1.82) is 0 Å². The van der Waals surface area contributed by atoms with Crippen LogP contribution in [0.1, 0.15) is 56.4 Å². The van der Waals surface area contributed by atoms with Crippen molar-refractivity contribution < 1.29 is 4.79 Å². The Balaban J connectivity index is 1.67. The van der Waals surface area contributed by atoms with Crippen molar-refractivity contribution in [3.63, 3.8) is 0 Å². The average molecular weight is 278 g/mol. The maximum atomic E-state index is 12.1. The molecule has 1 aromatic rings. The van der Waals surface area contributed by atoms with E-state index in [0.717, 1.165) is 28.6 Å². The highest BCUT2D eigenvalue weighted by atomic mass is 35.5. The van der Waals surface area contributed by atoms with E-state index in [-0.39, 0.29) is 11.8 Å². The Labute approximate surface area is 119 Å². The molecule has 0 bridgehead atoms. The second-order valence-electron chi connectivity index (χ2n) is 5.85. The Morgan fingerprint density at radius 3 is 2.74 bits per heavy atom. The summed E-state index contributed by atoms with van der Waals surface area (Å²) in [6.07, 6.45) is 8.94. The van der Waals surface area contributed by atoms with Gasteiger partial charge in [0.15, 0.2) is 0 Å². The molecule has 0 aromatic heterocycles. The predicted octanol–water partition coefficient (Wildman–Crippen LogP) is 4.74. The molecule has 1 heterocycles. The summed E-state index contributed by atoms with van der Waals surface area (Å²) in [6, 6.07) is 5.70. The quantitative estimate of drug-likeness (QED) is 0.850. The number of rotatable bonds is 3. The molecule has 1 fully saturated rings. The van der Waals surface area contributed by atoms with E-state index in [2.05, 4.69) is 5.32 Å². The van der Waals surface area contributed by atoms with E-state index in [1.54, 1.807) is 0 Å². The second kappa shape index (κ2) is 5.54. The zero-order chi connectivity index (χ0) is 13.2. The molecule has 1 aromatic carbocycles. The van der Waals surface area contributed by atoms with Gasteiger partial charge in [0, 0.05) is 10.7 Å². The van der Waals surface area contributed by atoms with E-state index in [1.165, 1.54) is 38.5 Å². The topological polar surface area (TPSA) is 29.1 Å². The zero-order valence-corrected chi connectivity index (χ0v) is 11.9. The molecule has 2 nitrogen and oxygen atoms in total. The zero-order valence-electron chi connectivity index (χ0n) is 11.1. The summed E-state index contributed by atoms with van der Waals surface area (Å²) in [7, 11) is 0. The normalized spacial score (nSPS) is 23.2. The highest BCUT2D eigenvalue weighted by Gasteiger charge is 2.31. The number of carbonyl (C=O) groups excluding carboxylic acids is 1. The first-order valence-corrected chi connectivity index (χ1v) is 7.72. The van der Waals surface area contributed by atoms with Gasteiger partial charge < -0.3 is 5.32 Å². The molecule has 1 aliphatic carbocycles. The van der Waals surface area contributed by atoms with E-state index in [0.29, 0.717) is 0 Å². The van der Waals surface area contributed by atoms with Gasteiger partial charge in [-0.2, -0.15) is 0 Å². The minimum Gasteiger partial charge on any atom is -0.325 e. The number of nitrogens with one attached hydrogen (secondary N) is 1. The fourth-order valence-corrected chi connectivity index (χ4v) is 3.64. The summed E-state index contributed by atoms with van der Waals surface area (Å²) in [5, 5.41) is 3.69. The van der Waals surface area contributed by atoms with E-state index < -0.39 is 0 Å².